The third kappa shape index (κ3) is 3.72. The van der Waals surface area contributed by atoms with Gasteiger partial charge in [-0.1, -0.05) is 53.9 Å². The number of hydrogen-bond donors (Lipinski definition) is 1. The van der Waals surface area contributed by atoms with Crippen molar-refractivity contribution in [3.05, 3.63) is 11.8 Å². The summed E-state index contributed by atoms with van der Waals surface area (Å²) in [6.45, 7) is 12.5. The smallest absolute Gasteiger partial charge is 0.223 e. The van der Waals surface area contributed by atoms with E-state index in [4.69, 9.17) is 0 Å². The average molecular weight is 400 g/mol. The van der Waals surface area contributed by atoms with Crippen molar-refractivity contribution in [1.82, 2.24) is 5.32 Å². The number of hydrogen-bond acceptors (Lipinski definition) is 1. The Kier molecular flexibility index (Phi) is 5.95. The van der Waals surface area contributed by atoms with Crippen LogP contribution in [0.5, 0.6) is 0 Å². The zero-order chi connectivity index (χ0) is 20.8. The molecular formula is C27H45NO. The van der Waals surface area contributed by atoms with Crippen LogP contribution in [0, 0.1) is 46.3 Å². The fraction of sp³-hybridized carbons (Fsp3) is 0.889. The Labute approximate surface area is 179 Å². The minimum Gasteiger partial charge on any atom is -0.333 e. The van der Waals surface area contributed by atoms with E-state index in [1.807, 2.05) is 0 Å². The fourth-order valence-corrected chi connectivity index (χ4v) is 8.55. The van der Waals surface area contributed by atoms with Crippen molar-refractivity contribution in [3.63, 3.8) is 0 Å². The summed E-state index contributed by atoms with van der Waals surface area (Å²) in [5.74, 6) is 5.49. The van der Waals surface area contributed by atoms with Gasteiger partial charge in [0, 0.05) is 12.6 Å². The maximum atomic E-state index is 12.1. The number of nitrogens with one attached hydrogen (secondary N) is 1. The standard InChI is InChI=1S/C27H45NO/c1-18(2)7-6-8-19(3)22-11-12-23-21-10-9-20-17-28-25(29)14-16-26(20,4)24(21)13-15-27(22,23)5/h17-19,21-24H,6-16H2,1-5H3,(H,28,29). The van der Waals surface area contributed by atoms with Crippen LogP contribution in [-0.4, -0.2) is 5.91 Å². The third-order valence-electron chi connectivity index (χ3n) is 10.2. The number of carbonyl (C=O) groups excluding carboxylic acids is 1. The molecule has 2 nitrogen and oxygen atoms in total. The van der Waals surface area contributed by atoms with Gasteiger partial charge in [0.25, 0.3) is 0 Å². The number of fused-ring (bicyclic) bond motifs is 5. The Morgan fingerprint density at radius 3 is 2.55 bits per heavy atom. The molecule has 3 aliphatic carbocycles. The fourth-order valence-electron chi connectivity index (χ4n) is 8.55. The van der Waals surface area contributed by atoms with E-state index in [1.54, 1.807) is 5.57 Å². The molecule has 0 radical (unpaired) electrons. The molecule has 3 saturated carbocycles. The highest BCUT2D eigenvalue weighted by atomic mass is 16.1. The van der Waals surface area contributed by atoms with Crippen molar-refractivity contribution >= 4 is 5.91 Å². The van der Waals surface area contributed by atoms with E-state index in [0.717, 1.165) is 41.9 Å². The van der Waals surface area contributed by atoms with Gasteiger partial charge in [-0.3, -0.25) is 4.79 Å². The minimum absolute atomic E-state index is 0.224. The second-order valence-electron chi connectivity index (χ2n) is 12.1. The van der Waals surface area contributed by atoms with Crippen molar-refractivity contribution in [2.24, 2.45) is 46.3 Å². The van der Waals surface area contributed by atoms with Crippen LogP contribution >= 0.6 is 0 Å². The van der Waals surface area contributed by atoms with Gasteiger partial charge in [-0.25, -0.2) is 0 Å². The summed E-state index contributed by atoms with van der Waals surface area (Å²) in [6, 6.07) is 0. The Morgan fingerprint density at radius 1 is 1.00 bits per heavy atom. The summed E-state index contributed by atoms with van der Waals surface area (Å²) >= 11 is 0. The number of carbonyl (C=O) groups is 1. The lowest BCUT2D eigenvalue weighted by molar-refractivity contribution is -0.120. The number of allylic oxidation sites excluding steroid dienone is 1. The van der Waals surface area contributed by atoms with E-state index >= 15 is 0 Å². The Bertz CT molecular complexity index is 651. The molecule has 7 unspecified atom stereocenters. The van der Waals surface area contributed by atoms with Crippen LogP contribution in [0.2, 0.25) is 0 Å². The molecule has 4 aliphatic rings. The molecule has 1 amide bonds. The monoisotopic (exact) mass is 399 g/mol. The molecule has 1 aliphatic heterocycles. The minimum atomic E-state index is 0.224. The molecule has 0 saturated heterocycles. The average Bonchev–Trinajstić information content (AvgIpc) is 2.94. The summed E-state index contributed by atoms with van der Waals surface area (Å²) in [4.78, 5) is 12.1. The van der Waals surface area contributed by atoms with Crippen LogP contribution in [0.1, 0.15) is 105 Å². The summed E-state index contributed by atoms with van der Waals surface area (Å²) in [5, 5.41) is 3.07. The van der Waals surface area contributed by atoms with Gasteiger partial charge < -0.3 is 5.32 Å². The van der Waals surface area contributed by atoms with Gasteiger partial charge in [-0.15, -0.1) is 0 Å². The van der Waals surface area contributed by atoms with Crippen LogP contribution in [0.25, 0.3) is 0 Å². The first-order valence-corrected chi connectivity index (χ1v) is 12.7. The van der Waals surface area contributed by atoms with Crippen LogP contribution in [-0.2, 0) is 4.79 Å². The molecule has 3 fully saturated rings. The lowest BCUT2D eigenvalue weighted by Crippen LogP contribution is -2.50. The van der Waals surface area contributed by atoms with E-state index < -0.39 is 0 Å². The topological polar surface area (TPSA) is 29.1 Å². The van der Waals surface area contributed by atoms with Crippen LogP contribution in [0.4, 0.5) is 0 Å². The van der Waals surface area contributed by atoms with Gasteiger partial charge in [0.2, 0.25) is 5.91 Å². The van der Waals surface area contributed by atoms with Gasteiger partial charge in [0.1, 0.15) is 0 Å². The predicted molar refractivity (Wildman–Crippen MR) is 121 cm³/mol. The molecular weight excluding hydrogens is 354 g/mol. The zero-order valence-electron chi connectivity index (χ0n) is 19.7. The molecule has 0 aromatic carbocycles. The second kappa shape index (κ2) is 8.04. The quantitative estimate of drug-likeness (QED) is 0.525. The molecule has 0 spiro atoms. The van der Waals surface area contributed by atoms with Crippen molar-refractivity contribution in [2.75, 3.05) is 0 Å². The largest absolute Gasteiger partial charge is 0.333 e. The summed E-state index contributed by atoms with van der Waals surface area (Å²) < 4.78 is 0. The molecule has 0 bridgehead atoms. The van der Waals surface area contributed by atoms with Crippen LogP contribution in [0.15, 0.2) is 11.8 Å². The molecule has 1 heterocycles. The summed E-state index contributed by atoms with van der Waals surface area (Å²) in [5.41, 5.74) is 2.36. The molecule has 164 valence electrons. The highest BCUT2D eigenvalue weighted by Gasteiger charge is 2.59. The lowest BCUT2D eigenvalue weighted by atomic mass is 9.47. The van der Waals surface area contributed by atoms with E-state index in [0.29, 0.717) is 11.8 Å². The molecule has 1 N–H and O–H groups in total. The predicted octanol–water partition coefficient (Wildman–Crippen LogP) is 7.10. The lowest BCUT2D eigenvalue weighted by Gasteiger charge is -2.57. The van der Waals surface area contributed by atoms with E-state index in [1.165, 1.54) is 57.8 Å². The summed E-state index contributed by atoms with van der Waals surface area (Å²) in [6.07, 6.45) is 16.4. The van der Waals surface area contributed by atoms with Crippen molar-refractivity contribution in [1.29, 1.82) is 0 Å². The maximum absolute atomic E-state index is 12.1. The van der Waals surface area contributed by atoms with Gasteiger partial charge in [0.15, 0.2) is 0 Å². The van der Waals surface area contributed by atoms with Gasteiger partial charge >= 0.3 is 0 Å². The first kappa shape index (κ1) is 21.4. The van der Waals surface area contributed by atoms with Crippen LogP contribution in [0.3, 0.4) is 0 Å². The molecule has 0 aromatic rings. The van der Waals surface area contributed by atoms with Crippen molar-refractivity contribution in [3.8, 4) is 0 Å². The summed E-state index contributed by atoms with van der Waals surface area (Å²) in [7, 11) is 0. The molecule has 0 aromatic heterocycles. The van der Waals surface area contributed by atoms with E-state index in [9.17, 15) is 4.79 Å². The second-order valence-corrected chi connectivity index (χ2v) is 12.1. The SMILES string of the molecule is CC(C)CCCC(C)C1CCC2C3CCC4=CNC(=O)CCC4(C)C3CCC12C. The number of rotatable bonds is 5. The van der Waals surface area contributed by atoms with Gasteiger partial charge in [-0.2, -0.15) is 0 Å². The molecule has 7 atom stereocenters. The Hall–Kier alpha value is -0.790. The highest BCUT2D eigenvalue weighted by Crippen LogP contribution is 2.67. The van der Waals surface area contributed by atoms with Gasteiger partial charge in [0.05, 0.1) is 0 Å². The van der Waals surface area contributed by atoms with E-state index in [2.05, 4.69) is 46.1 Å². The molecule has 4 rings (SSSR count). The third-order valence-corrected chi connectivity index (χ3v) is 10.2. The Morgan fingerprint density at radius 2 is 1.79 bits per heavy atom. The first-order valence-electron chi connectivity index (χ1n) is 12.7. The van der Waals surface area contributed by atoms with Gasteiger partial charge in [-0.05, 0) is 96.9 Å². The van der Waals surface area contributed by atoms with Crippen LogP contribution < -0.4 is 5.32 Å². The molecule has 2 heteroatoms. The van der Waals surface area contributed by atoms with E-state index in [-0.39, 0.29) is 11.3 Å². The molecule has 29 heavy (non-hydrogen) atoms. The normalized spacial score (nSPS) is 43.0. The highest BCUT2D eigenvalue weighted by molar-refractivity contribution is 5.77. The van der Waals surface area contributed by atoms with Crippen molar-refractivity contribution in [2.45, 2.75) is 105 Å². The van der Waals surface area contributed by atoms with Crippen molar-refractivity contribution < 1.29 is 4.79 Å². The first-order chi connectivity index (χ1) is 13.8. The Balaban J connectivity index is 1.50. The number of amides is 1. The zero-order valence-corrected chi connectivity index (χ0v) is 19.7. The maximum Gasteiger partial charge on any atom is 0.223 e.